The molecule has 1 unspecified atom stereocenters. The van der Waals surface area contributed by atoms with Crippen molar-refractivity contribution in [3.05, 3.63) is 119 Å². The summed E-state index contributed by atoms with van der Waals surface area (Å²) >= 11 is 0. The molecule has 4 aromatic rings. The third-order valence-corrected chi connectivity index (χ3v) is 6.19. The van der Waals surface area contributed by atoms with Crippen LogP contribution in [0.2, 0.25) is 0 Å². The highest BCUT2D eigenvalue weighted by molar-refractivity contribution is 6.46. The Bertz CT molecular complexity index is 1510. The first-order valence-corrected chi connectivity index (χ1v) is 11.1. The highest BCUT2D eigenvalue weighted by atomic mass is 19.4. The number of aliphatic hydroxyl groups is 1. The number of halogens is 3. The molecule has 1 aliphatic heterocycles. The zero-order chi connectivity index (χ0) is 25.4. The van der Waals surface area contributed by atoms with Crippen molar-refractivity contribution >= 4 is 28.2 Å². The second kappa shape index (κ2) is 8.96. The van der Waals surface area contributed by atoms with Gasteiger partial charge in [-0.2, -0.15) is 13.2 Å². The SMILES string of the molecule is O=C1C(=O)N(Cc2cccc(C(F)(F)F)c2)C(c2ccncc2)/C1=C(/O)c1ccc2ccccc2c1. The van der Waals surface area contributed by atoms with E-state index in [-0.39, 0.29) is 23.4 Å². The van der Waals surface area contributed by atoms with Crippen LogP contribution in [0.3, 0.4) is 0 Å². The molecule has 1 aromatic heterocycles. The molecule has 0 radical (unpaired) electrons. The van der Waals surface area contributed by atoms with Crippen molar-refractivity contribution in [2.24, 2.45) is 0 Å². The zero-order valence-corrected chi connectivity index (χ0v) is 18.7. The predicted molar refractivity (Wildman–Crippen MR) is 127 cm³/mol. The maximum Gasteiger partial charge on any atom is 0.416 e. The number of benzene rings is 3. The van der Waals surface area contributed by atoms with Gasteiger partial charge in [0.2, 0.25) is 0 Å². The number of ketones is 1. The van der Waals surface area contributed by atoms with Crippen LogP contribution in [-0.4, -0.2) is 26.7 Å². The molecular weight excluding hydrogens is 469 g/mol. The number of likely N-dealkylation sites (tertiary alicyclic amines) is 1. The van der Waals surface area contributed by atoms with E-state index in [0.717, 1.165) is 22.9 Å². The average molecular weight is 488 g/mol. The molecule has 0 saturated carbocycles. The molecule has 0 aliphatic carbocycles. The number of rotatable bonds is 4. The molecule has 36 heavy (non-hydrogen) atoms. The average Bonchev–Trinajstić information content (AvgIpc) is 3.13. The Labute approximate surface area is 204 Å². The summed E-state index contributed by atoms with van der Waals surface area (Å²) in [4.78, 5) is 31.5. The predicted octanol–water partition coefficient (Wildman–Crippen LogP) is 5.88. The number of carbonyl (C=O) groups excluding carboxylic acids is 2. The molecule has 0 spiro atoms. The minimum atomic E-state index is -4.55. The van der Waals surface area contributed by atoms with Crippen LogP contribution in [0.1, 0.15) is 28.3 Å². The van der Waals surface area contributed by atoms with E-state index >= 15 is 0 Å². The van der Waals surface area contributed by atoms with Crippen LogP contribution in [0, 0.1) is 0 Å². The van der Waals surface area contributed by atoms with E-state index in [0.29, 0.717) is 11.1 Å². The molecule has 1 N–H and O–H groups in total. The van der Waals surface area contributed by atoms with Gasteiger partial charge in [0.15, 0.2) is 0 Å². The highest BCUT2D eigenvalue weighted by Crippen LogP contribution is 2.41. The summed E-state index contributed by atoms with van der Waals surface area (Å²) in [5.74, 6) is -2.17. The Hall–Kier alpha value is -4.46. The minimum absolute atomic E-state index is 0.131. The molecule has 1 aliphatic rings. The molecule has 5 rings (SSSR count). The van der Waals surface area contributed by atoms with Crippen LogP contribution in [0.25, 0.3) is 16.5 Å². The molecular formula is C28H19F3N2O3. The minimum Gasteiger partial charge on any atom is -0.507 e. The number of alkyl halides is 3. The normalized spacial score (nSPS) is 17.6. The van der Waals surface area contributed by atoms with E-state index < -0.39 is 29.5 Å². The molecule has 1 atom stereocenters. The van der Waals surface area contributed by atoms with Gasteiger partial charge in [-0.15, -0.1) is 0 Å². The van der Waals surface area contributed by atoms with Crippen molar-refractivity contribution in [3.63, 3.8) is 0 Å². The summed E-state index contributed by atoms with van der Waals surface area (Å²) in [5.41, 5.74) is 0.0708. The first-order valence-electron chi connectivity index (χ1n) is 11.1. The first-order chi connectivity index (χ1) is 17.2. The summed E-state index contributed by atoms with van der Waals surface area (Å²) in [5, 5.41) is 13.0. The van der Waals surface area contributed by atoms with Crippen LogP contribution in [0.4, 0.5) is 13.2 Å². The summed E-state index contributed by atoms with van der Waals surface area (Å²) in [6.45, 7) is -0.254. The van der Waals surface area contributed by atoms with Crippen molar-refractivity contribution in [1.82, 2.24) is 9.88 Å². The molecule has 0 bridgehead atoms. The Morgan fingerprint density at radius 3 is 2.33 bits per heavy atom. The lowest BCUT2D eigenvalue weighted by atomic mass is 9.95. The topological polar surface area (TPSA) is 70.5 Å². The Balaban J connectivity index is 1.62. The van der Waals surface area contributed by atoms with Gasteiger partial charge in [-0.05, 0) is 52.2 Å². The first kappa shape index (κ1) is 23.3. The third kappa shape index (κ3) is 4.22. The van der Waals surface area contributed by atoms with Crippen molar-refractivity contribution in [2.45, 2.75) is 18.8 Å². The summed E-state index contributed by atoms with van der Waals surface area (Å²) in [6.07, 6.45) is -1.59. The number of aromatic nitrogens is 1. The van der Waals surface area contributed by atoms with Crippen molar-refractivity contribution in [2.75, 3.05) is 0 Å². The molecule has 1 saturated heterocycles. The van der Waals surface area contributed by atoms with Gasteiger partial charge in [0, 0.05) is 24.5 Å². The van der Waals surface area contributed by atoms with E-state index in [2.05, 4.69) is 4.98 Å². The van der Waals surface area contributed by atoms with Crippen LogP contribution in [0.5, 0.6) is 0 Å². The highest BCUT2D eigenvalue weighted by Gasteiger charge is 2.46. The van der Waals surface area contributed by atoms with Gasteiger partial charge in [0.05, 0.1) is 17.2 Å². The Morgan fingerprint density at radius 2 is 1.61 bits per heavy atom. The number of nitrogens with zero attached hydrogens (tertiary/aromatic N) is 2. The van der Waals surface area contributed by atoms with Gasteiger partial charge in [-0.3, -0.25) is 14.6 Å². The Kier molecular flexibility index (Phi) is 5.80. The van der Waals surface area contributed by atoms with Gasteiger partial charge >= 0.3 is 6.18 Å². The number of hydrogen-bond donors (Lipinski definition) is 1. The summed E-state index contributed by atoms with van der Waals surface area (Å²) in [7, 11) is 0. The lowest BCUT2D eigenvalue weighted by Gasteiger charge is -2.25. The molecule has 1 amide bonds. The van der Waals surface area contributed by atoms with E-state index in [1.54, 1.807) is 30.3 Å². The van der Waals surface area contributed by atoms with E-state index in [4.69, 9.17) is 0 Å². The molecule has 2 heterocycles. The smallest absolute Gasteiger partial charge is 0.416 e. The summed E-state index contributed by atoms with van der Waals surface area (Å²) < 4.78 is 39.7. The van der Waals surface area contributed by atoms with Crippen LogP contribution in [0.15, 0.2) is 96.8 Å². The quantitative estimate of drug-likeness (QED) is 0.221. The second-order valence-corrected chi connectivity index (χ2v) is 8.47. The van der Waals surface area contributed by atoms with Crippen molar-refractivity contribution in [3.8, 4) is 0 Å². The van der Waals surface area contributed by atoms with Crippen LogP contribution in [-0.2, 0) is 22.3 Å². The fraction of sp³-hybridized carbons (Fsp3) is 0.107. The summed E-state index contributed by atoms with van der Waals surface area (Å²) in [6, 6.07) is 19.5. The number of Topliss-reactive ketones (excluding diaryl/α,β-unsaturated/α-hetero) is 1. The largest absolute Gasteiger partial charge is 0.507 e. The molecule has 3 aromatic carbocycles. The number of hydrogen-bond acceptors (Lipinski definition) is 4. The van der Waals surface area contributed by atoms with Gasteiger partial charge in [0.1, 0.15) is 5.76 Å². The maximum atomic E-state index is 13.2. The third-order valence-electron chi connectivity index (χ3n) is 6.19. The number of aliphatic hydroxyl groups excluding tert-OH is 1. The molecule has 180 valence electrons. The molecule has 5 nitrogen and oxygen atoms in total. The number of pyridine rings is 1. The lowest BCUT2D eigenvalue weighted by Crippen LogP contribution is -2.29. The number of fused-ring (bicyclic) bond motifs is 1. The van der Waals surface area contributed by atoms with Gasteiger partial charge in [-0.1, -0.05) is 48.5 Å². The van der Waals surface area contributed by atoms with Gasteiger partial charge in [0.25, 0.3) is 11.7 Å². The monoisotopic (exact) mass is 488 g/mol. The number of amides is 1. The van der Waals surface area contributed by atoms with E-state index in [1.807, 2.05) is 24.3 Å². The maximum absolute atomic E-state index is 13.2. The van der Waals surface area contributed by atoms with Gasteiger partial charge < -0.3 is 10.0 Å². The fourth-order valence-electron chi connectivity index (χ4n) is 4.47. The van der Waals surface area contributed by atoms with Crippen LogP contribution >= 0.6 is 0 Å². The van der Waals surface area contributed by atoms with E-state index in [9.17, 15) is 27.9 Å². The zero-order valence-electron chi connectivity index (χ0n) is 18.7. The van der Waals surface area contributed by atoms with Crippen molar-refractivity contribution < 1.29 is 27.9 Å². The second-order valence-electron chi connectivity index (χ2n) is 8.47. The van der Waals surface area contributed by atoms with E-state index in [1.165, 1.54) is 29.4 Å². The molecule has 1 fully saturated rings. The lowest BCUT2D eigenvalue weighted by molar-refractivity contribution is -0.140. The fourth-order valence-corrected chi connectivity index (χ4v) is 4.47. The van der Waals surface area contributed by atoms with Crippen molar-refractivity contribution in [1.29, 1.82) is 0 Å². The van der Waals surface area contributed by atoms with Crippen LogP contribution < -0.4 is 0 Å². The molecule has 8 heteroatoms. The van der Waals surface area contributed by atoms with Gasteiger partial charge in [-0.25, -0.2) is 0 Å². The standard InChI is InChI=1S/C28H19F3N2O3/c29-28(30,31)22-7-3-4-17(14-22)16-33-24(19-10-12-32-13-11-19)23(26(35)27(33)36)25(34)21-9-8-18-5-1-2-6-20(18)15-21/h1-15,24,34H,16H2/b25-23-. The number of carbonyl (C=O) groups is 2. The Morgan fingerprint density at radius 1 is 0.889 bits per heavy atom.